The molecule has 0 bridgehead atoms. The summed E-state index contributed by atoms with van der Waals surface area (Å²) in [5, 5.41) is 10.7. The summed E-state index contributed by atoms with van der Waals surface area (Å²) < 4.78 is 5.15. The molecule has 0 saturated carbocycles. The Morgan fingerprint density at radius 2 is 1.83 bits per heavy atom. The number of nitrogens with one attached hydrogen (secondary N) is 2. The summed E-state index contributed by atoms with van der Waals surface area (Å²) in [5.74, 6) is 1.33. The molecule has 0 spiro atoms. The van der Waals surface area contributed by atoms with Crippen LogP contribution in [-0.4, -0.2) is 16.8 Å². The maximum absolute atomic E-state index is 12.0. The molecule has 2 aromatic rings. The molecule has 0 unspecified atom stereocenters. The van der Waals surface area contributed by atoms with Crippen molar-refractivity contribution >= 4 is 46.3 Å². The molecule has 116 valence electrons. The third kappa shape index (κ3) is 5.04. The maximum atomic E-state index is 12.0. The fraction of sp³-hybridized carbons (Fsp3) is 0.0588. The number of carbonyl (C=O) groups excluding carboxylic acids is 1. The number of thiocarbonyl (C=S) groups is 1. The van der Waals surface area contributed by atoms with E-state index in [1.807, 2.05) is 36.2 Å². The Kier molecular flexibility index (Phi) is 6.06. The van der Waals surface area contributed by atoms with Crippen LogP contribution >= 0.6 is 23.8 Å². The summed E-state index contributed by atoms with van der Waals surface area (Å²) >= 11 is 10.9. The van der Waals surface area contributed by atoms with Gasteiger partial charge in [0.05, 0.1) is 0 Å². The fourth-order valence-corrected chi connectivity index (χ4v) is 2.10. The average Bonchev–Trinajstić information content (AvgIpc) is 2.57. The maximum Gasteiger partial charge on any atom is 0.351 e. The summed E-state index contributed by atoms with van der Waals surface area (Å²) in [6, 6.07) is 16.1. The molecule has 2 rings (SSSR count). The molecule has 0 saturated heterocycles. The molecule has 0 heterocycles. The average molecular weight is 345 g/mol. The molecule has 2 N–H and O–H groups in total. The summed E-state index contributed by atoms with van der Waals surface area (Å²) in [4.78, 5) is 12.1. The van der Waals surface area contributed by atoms with Crippen LogP contribution in [0.4, 0.5) is 5.69 Å². The standard InChI is InChI=1S/C17H13ClN2O2S/c18-13-6-8-14(9-7-13)20-16(23)15(10-19)17(21)22-11-12-4-2-1-3-5-12/h1-9,19H,11H2,(H,20,23). The zero-order valence-electron chi connectivity index (χ0n) is 12.0. The van der Waals surface area contributed by atoms with E-state index in [1.54, 1.807) is 24.3 Å². The highest BCUT2D eigenvalue weighted by molar-refractivity contribution is 7.81. The first-order chi connectivity index (χ1) is 11.1. The Morgan fingerprint density at radius 3 is 2.43 bits per heavy atom. The molecular weight excluding hydrogens is 332 g/mol. The fourth-order valence-electron chi connectivity index (χ4n) is 1.72. The van der Waals surface area contributed by atoms with Crippen molar-refractivity contribution in [2.75, 3.05) is 5.32 Å². The summed E-state index contributed by atoms with van der Waals surface area (Å²) in [6.45, 7) is 0.106. The van der Waals surface area contributed by atoms with Gasteiger partial charge in [-0.1, -0.05) is 54.2 Å². The molecule has 4 nitrogen and oxygen atoms in total. The van der Waals surface area contributed by atoms with Crippen molar-refractivity contribution in [3.63, 3.8) is 0 Å². The second-order valence-corrected chi connectivity index (χ2v) is 5.37. The lowest BCUT2D eigenvalue weighted by Crippen LogP contribution is -2.21. The van der Waals surface area contributed by atoms with Gasteiger partial charge in [0.15, 0.2) is 5.57 Å². The molecule has 0 amide bonds. The third-order valence-corrected chi connectivity index (χ3v) is 3.43. The first-order valence-corrected chi connectivity index (χ1v) is 7.46. The Bertz CT molecular complexity index is 754. The molecule has 0 aliphatic rings. The molecule has 0 aliphatic carbocycles. The number of rotatable bonds is 5. The summed E-state index contributed by atoms with van der Waals surface area (Å²) in [7, 11) is 0. The minimum Gasteiger partial charge on any atom is -0.457 e. The van der Waals surface area contributed by atoms with E-state index in [4.69, 9.17) is 34.0 Å². The number of halogens is 1. The van der Waals surface area contributed by atoms with Gasteiger partial charge in [-0.25, -0.2) is 4.79 Å². The summed E-state index contributed by atoms with van der Waals surface area (Å²) in [6.07, 6.45) is 0. The molecule has 0 radical (unpaired) electrons. The number of carbonyl (C=O) groups is 1. The number of hydrogen-bond acceptors (Lipinski definition) is 4. The smallest absolute Gasteiger partial charge is 0.351 e. The Labute approximate surface area is 144 Å². The van der Waals surface area contributed by atoms with Crippen LogP contribution in [-0.2, 0) is 16.1 Å². The molecule has 0 atom stereocenters. The molecule has 0 aliphatic heterocycles. The van der Waals surface area contributed by atoms with E-state index < -0.39 is 5.97 Å². The number of ether oxygens (including phenoxy) is 1. The number of esters is 1. The quantitative estimate of drug-likeness (QED) is 0.372. The molecule has 0 aromatic heterocycles. The second-order valence-electron chi connectivity index (χ2n) is 4.52. The van der Waals surface area contributed by atoms with Crippen molar-refractivity contribution < 1.29 is 9.53 Å². The van der Waals surface area contributed by atoms with Crippen molar-refractivity contribution in [2.45, 2.75) is 6.61 Å². The highest BCUT2D eigenvalue weighted by atomic mass is 35.5. The van der Waals surface area contributed by atoms with Crippen molar-refractivity contribution in [1.29, 1.82) is 5.41 Å². The number of hydrogen-bond donors (Lipinski definition) is 2. The van der Waals surface area contributed by atoms with Crippen molar-refractivity contribution in [2.24, 2.45) is 0 Å². The first kappa shape index (κ1) is 16.9. The highest BCUT2D eigenvalue weighted by Gasteiger charge is 2.17. The molecule has 0 fully saturated rings. The van der Waals surface area contributed by atoms with Gasteiger partial charge in [-0.05, 0) is 35.7 Å². The van der Waals surface area contributed by atoms with Crippen LogP contribution in [0.15, 0.2) is 60.2 Å². The van der Waals surface area contributed by atoms with E-state index in [9.17, 15) is 4.79 Å². The minimum absolute atomic E-state index is 0.0698. The van der Waals surface area contributed by atoms with Gasteiger partial charge in [-0.2, -0.15) is 0 Å². The van der Waals surface area contributed by atoms with Crippen LogP contribution in [0.5, 0.6) is 0 Å². The minimum atomic E-state index is -0.699. The second kappa shape index (κ2) is 8.25. The first-order valence-electron chi connectivity index (χ1n) is 6.68. The number of anilines is 1. The zero-order valence-corrected chi connectivity index (χ0v) is 13.6. The van der Waals surface area contributed by atoms with Gasteiger partial charge in [0, 0.05) is 10.7 Å². The third-order valence-electron chi connectivity index (χ3n) is 2.87. The Hall–Kier alpha value is -2.46. The van der Waals surface area contributed by atoms with Crippen LogP contribution in [0.3, 0.4) is 0 Å². The lowest BCUT2D eigenvalue weighted by molar-refractivity contribution is -0.139. The van der Waals surface area contributed by atoms with Gasteiger partial charge in [0.1, 0.15) is 11.6 Å². The summed E-state index contributed by atoms with van der Waals surface area (Å²) in [5.41, 5.74) is 1.37. The van der Waals surface area contributed by atoms with Crippen molar-refractivity contribution in [3.8, 4) is 0 Å². The molecular formula is C17H13ClN2O2S. The van der Waals surface area contributed by atoms with Crippen molar-refractivity contribution in [1.82, 2.24) is 0 Å². The van der Waals surface area contributed by atoms with Crippen molar-refractivity contribution in [3.05, 3.63) is 70.8 Å². The van der Waals surface area contributed by atoms with E-state index in [0.29, 0.717) is 10.7 Å². The lowest BCUT2D eigenvalue weighted by atomic mass is 10.2. The topological polar surface area (TPSA) is 62.2 Å². The predicted octanol–water partition coefficient (Wildman–Crippen LogP) is 4.00. The lowest BCUT2D eigenvalue weighted by Gasteiger charge is -2.10. The van der Waals surface area contributed by atoms with E-state index in [1.165, 1.54) is 0 Å². The van der Waals surface area contributed by atoms with Gasteiger partial charge in [0.2, 0.25) is 0 Å². The monoisotopic (exact) mass is 344 g/mol. The van der Waals surface area contributed by atoms with Crippen LogP contribution in [0.1, 0.15) is 5.56 Å². The molecule has 6 heteroatoms. The molecule has 23 heavy (non-hydrogen) atoms. The van der Waals surface area contributed by atoms with Gasteiger partial charge in [0.25, 0.3) is 0 Å². The molecule has 2 aromatic carbocycles. The largest absolute Gasteiger partial charge is 0.457 e. The Morgan fingerprint density at radius 1 is 1.17 bits per heavy atom. The van der Waals surface area contributed by atoms with Crippen LogP contribution in [0.2, 0.25) is 5.02 Å². The zero-order chi connectivity index (χ0) is 16.7. The van der Waals surface area contributed by atoms with Gasteiger partial charge < -0.3 is 10.1 Å². The predicted molar refractivity (Wildman–Crippen MR) is 95.2 cm³/mol. The van der Waals surface area contributed by atoms with E-state index in [0.717, 1.165) is 5.56 Å². The van der Waals surface area contributed by atoms with Crippen LogP contribution in [0.25, 0.3) is 0 Å². The van der Waals surface area contributed by atoms with E-state index in [-0.39, 0.29) is 17.2 Å². The van der Waals surface area contributed by atoms with Gasteiger partial charge in [-0.15, -0.1) is 0 Å². The van der Waals surface area contributed by atoms with Gasteiger partial charge >= 0.3 is 5.97 Å². The van der Waals surface area contributed by atoms with Crippen LogP contribution in [0, 0.1) is 5.41 Å². The van der Waals surface area contributed by atoms with Crippen LogP contribution < -0.4 is 5.32 Å². The number of benzene rings is 2. The van der Waals surface area contributed by atoms with Gasteiger partial charge in [-0.3, -0.25) is 5.41 Å². The Balaban J connectivity index is 1.98. The van der Waals surface area contributed by atoms with E-state index in [2.05, 4.69) is 5.32 Å². The normalized spacial score (nSPS) is 9.61. The SMILES string of the molecule is N=C=C(C(=O)OCc1ccccc1)C(=S)Nc1ccc(Cl)cc1. The van der Waals surface area contributed by atoms with E-state index >= 15 is 0 Å². The highest BCUT2D eigenvalue weighted by Crippen LogP contribution is 2.15.